The second-order valence-electron chi connectivity index (χ2n) is 5.21. The predicted octanol–water partition coefficient (Wildman–Crippen LogP) is 1.65. The quantitative estimate of drug-likeness (QED) is 0.877. The minimum atomic E-state index is -0.739. The topological polar surface area (TPSA) is 69.2 Å². The summed E-state index contributed by atoms with van der Waals surface area (Å²) in [5.41, 5.74) is 1.60. The van der Waals surface area contributed by atoms with Gasteiger partial charge >= 0.3 is 0 Å². The van der Waals surface area contributed by atoms with Crippen LogP contribution in [0, 0.1) is 6.92 Å². The highest BCUT2D eigenvalue weighted by molar-refractivity contribution is 7.09. The lowest BCUT2D eigenvalue weighted by Gasteiger charge is -2.43. The number of carbonyl (C=O) groups is 1. The number of thiazole rings is 1. The largest absolute Gasteiger partial charge is 0.386 e. The van der Waals surface area contributed by atoms with E-state index >= 15 is 0 Å². The molecule has 0 atom stereocenters. The first-order valence-electron chi connectivity index (χ1n) is 6.07. The van der Waals surface area contributed by atoms with E-state index in [1.54, 1.807) is 29.4 Å². The maximum absolute atomic E-state index is 12.1. The Balaban J connectivity index is 1.77. The second-order valence-corrected chi connectivity index (χ2v) is 6.27. The standard InChI is InChI=1S/C13H15N3O2S/c1-8-15-11(5-19-8)9-3-10(14-4-9)12(17)16-6-13(2,18)7-16/h3-5,14,18H,6-7H2,1-2H3. The molecular formula is C13H15N3O2S. The van der Waals surface area contributed by atoms with Crippen molar-refractivity contribution in [2.45, 2.75) is 19.4 Å². The summed E-state index contributed by atoms with van der Waals surface area (Å²) < 4.78 is 0. The van der Waals surface area contributed by atoms with Crippen molar-refractivity contribution in [3.63, 3.8) is 0 Å². The molecule has 1 aliphatic rings. The van der Waals surface area contributed by atoms with Crippen molar-refractivity contribution in [3.05, 3.63) is 28.3 Å². The molecule has 2 aromatic rings. The van der Waals surface area contributed by atoms with Crippen LogP contribution in [0.4, 0.5) is 0 Å². The van der Waals surface area contributed by atoms with Crippen molar-refractivity contribution in [2.24, 2.45) is 0 Å². The minimum Gasteiger partial charge on any atom is -0.386 e. The van der Waals surface area contributed by atoms with Crippen LogP contribution in [0.5, 0.6) is 0 Å². The normalized spacial score (nSPS) is 17.3. The number of likely N-dealkylation sites (tertiary alicyclic amines) is 1. The summed E-state index contributed by atoms with van der Waals surface area (Å²) in [6.07, 6.45) is 1.79. The lowest BCUT2D eigenvalue weighted by molar-refractivity contribution is -0.0670. The summed E-state index contributed by atoms with van der Waals surface area (Å²) in [6, 6.07) is 1.81. The summed E-state index contributed by atoms with van der Waals surface area (Å²) in [5.74, 6) is -0.0790. The van der Waals surface area contributed by atoms with Gasteiger partial charge in [0.2, 0.25) is 0 Å². The van der Waals surface area contributed by atoms with Gasteiger partial charge in [0.25, 0.3) is 5.91 Å². The molecule has 0 radical (unpaired) electrons. The average molecular weight is 277 g/mol. The zero-order valence-electron chi connectivity index (χ0n) is 10.8. The third-order valence-corrected chi connectivity index (χ3v) is 3.95. The van der Waals surface area contributed by atoms with Gasteiger partial charge in [0.15, 0.2) is 0 Å². The monoisotopic (exact) mass is 277 g/mol. The van der Waals surface area contributed by atoms with E-state index in [9.17, 15) is 9.90 Å². The number of hydrogen-bond donors (Lipinski definition) is 2. The van der Waals surface area contributed by atoms with Crippen molar-refractivity contribution in [3.8, 4) is 11.3 Å². The zero-order chi connectivity index (χ0) is 13.6. The van der Waals surface area contributed by atoms with Gasteiger partial charge in [-0.25, -0.2) is 4.98 Å². The fourth-order valence-corrected chi connectivity index (χ4v) is 2.87. The van der Waals surface area contributed by atoms with Gasteiger partial charge in [0, 0.05) is 17.1 Å². The molecular weight excluding hydrogens is 262 g/mol. The Bertz CT molecular complexity index is 621. The van der Waals surface area contributed by atoms with Crippen molar-refractivity contribution < 1.29 is 9.90 Å². The number of β-amino-alcohol motifs (C(OH)–C–C–N with tert-alkyl or cyclic N) is 1. The van der Waals surface area contributed by atoms with E-state index < -0.39 is 5.60 Å². The molecule has 2 aromatic heterocycles. The highest BCUT2D eigenvalue weighted by Gasteiger charge is 2.40. The van der Waals surface area contributed by atoms with Gasteiger partial charge in [-0.1, -0.05) is 0 Å². The molecule has 0 aromatic carbocycles. The Morgan fingerprint density at radius 3 is 2.89 bits per heavy atom. The lowest BCUT2D eigenvalue weighted by Crippen LogP contribution is -2.61. The van der Waals surface area contributed by atoms with E-state index in [1.165, 1.54) is 0 Å². The first-order chi connectivity index (χ1) is 8.94. The number of hydrogen-bond acceptors (Lipinski definition) is 4. The van der Waals surface area contributed by atoms with E-state index in [2.05, 4.69) is 9.97 Å². The fraction of sp³-hybridized carbons (Fsp3) is 0.385. The van der Waals surface area contributed by atoms with E-state index in [-0.39, 0.29) is 5.91 Å². The van der Waals surface area contributed by atoms with E-state index in [0.29, 0.717) is 18.8 Å². The average Bonchev–Trinajstić information content (AvgIpc) is 2.92. The van der Waals surface area contributed by atoms with Crippen molar-refractivity contribution in [1.82, 2.24) is 14.9 Å². The first-order valence-corrected chi connectivity index (χ1v) is 6.95. The summed E-state index contributed by atoms with van der Waals surface area (Å²) in [5, 5.41) is 12.6. The molecule has 1 aliphatic heterocycles. The molecule has 0 bridgehead atoms. The van der Waals surface area contributed by atoms with Crippen LogP contribution in [-0.4, -0.2) is 44.6 Å². The third kappa shape index (κ3) is 2.29. The molecule has 2 N–H and O–H groups in total. The number of nitrogens with one attached hydrogen (secondary N) is 1. The predicted molar refractivity (Wildman–Crippen MR) is 73.2 cm³/mol. The Labute approximate surface area is 114 Å². The summed E-state index contributed by atoms with van der Waals surface area (Å²) in [7, 11) is 0. The molecule has 3 rings (SSSR count). The number of rotatable bonds is 2. The maximum atomic E-state index is 12.1. The summed E-state index contributed by atoms with van der Waals surface area (Å²) in [4.78, 5) is 21.1. The van der Waals surface area contributed by atoms with Crippen LogP contribution >= 0.6 is 11.3 Å². The van der Waals surface area contributed by atoms with Gasteiger partial charge in [0.05, 0.1) is 29.4 Å². The summed E-state index contributed by atoms with van der Waals surface area (Å²) >= 11 is 1.59. The van der Waals surface area contributed by atoms with Gasteiger partial charge in [-0.3, -0.25) is 4.79 Å². The van der Waals surface area contributed by atoms with Crippen molar-refractivity contribution >= 4 is 17.2 Å². The number of H-pyrrole nitrogens is 1. The molecule has 0 aliphatic carbocycles. The zero-order valence-corrected chi connectivity index (χ0v) is 11.6. The Kier molecular flexibility index (Phi) is 2.72. The molecule has 1 amide bonds. The maximum Gasteiger partial charge on any atom is 0.270 e. The third-order valence-electron chi connectivity index (χ3n) is 3.18. The molecule has 3 heterocycles. The van der Waals surface area contributed by atoms with Crippen molar-refractivity contribution in [1.29, 1.82) is 0 Å². The molecule has 0 spiro atoms. The lowest BCUT2D eigenvalue weighted by atomic mass is 9.96. The number of aryl methyl sites for hydroxylation is 1. The van der Waals surface area contributed by atoms with Gasteiger partial charge in [-0.15, -0.1) is 11.3 Å². The van der Waals surface area contributed by atoms with Crippen LogP contribution in [0.1, 0.15) is 22.4 Å². The van der Waals surface area contributed by atoms with Gasteiger partial charge in [-0.05, 0) is 19.9 Å². The number of aromatic amines is 1. The highest BCUT2D eigenvalue weighted by atomic mass is 32.1. The van der Waals surface area contributed by atoms with Gasteiger partial charge in [0.1, 0.15) is 5.69 Å². The van der Waals surface area contributed by atoms with Gasteiger partial charge in [-0.2, -0.15) is 0 Å². The molecule has 0 unspecified atom stereocenters. The number of amides is 1. The first kappa shape index (κ1) is 12.4. The summed E-state index contributed by atoms with van der Waals surface area (Å²) in [6.45, 7) is 4.45. The highest BCUT2D eigenvalue weighted by Crippen LogP contribution is 2.25. The fourth-order valence-electron chi connectivity index (χ4n) is 2.25. The molecule has 0 saturated carbocycles. The number of nitrogens with zero attached hydrogens (tertiary/aromatic N) is 2. The van der Waals surface area contributed by atoms with Crippen LogP contribution < -0.4 is 0 Å². The Morgan fingerprint density at radius 1 is 1.58 bits per heavy atom. The van der Waals surface area contributed by atoms with E-state index in [4.69, 9.17) is 0 Å². The molecule has 1 fully saturated rings. The number of aromatic nitrogens is 2. The van der Waals surface area contributed by atoms with E-state index in [1.807, 2.05) is 18.4 Å². The molecule has 1 saturated heterocycles. The van der Waals surface area contributed by atoms with Crippen LogP contribution in [0.25, 0.3) is 11.3 Å². The van der Waals surface area contributed by atoms with Crippen molar-refractivity contribution in [2.75, 3.05) is 13.1 Å². The molecule has 100 valence electrons. The SMILES string of the molecule is Cc1nc(-c2c[nH]c(C(=O)N3CC(C)(O)C3)c2)cs1. The second kappa shape index (κ2) is 4.18. The Hall–Kier alpha value is -1.66. The minimum absolute atomic E-state index is 0.0790. The smallest absolute Gasteiger partial charge is 0.270 e. The van der Waals surface area contributed by atoms with Crippen LogP contribution in [-0.2, 0) is 0 Å². The molecule has 19 heavy (non-hydrogen) atoms. The van der Waals surface area contributed by atoms with Crippen LogP contribution in [0.15, 0.2) is 17.6 Å². The Morgan fingerprint density at radius 2 is 2.32 bits per heavy atom. The number of carbonyl (C=O) groups excluding carboxylic acids is 1. The molecule has 5 nitrogen and oxygen atoms in total. The molecule has 6 heteroatoms. The number of aliphatic hydroxyl groups is 1. The van der Waals surface area contributed by atoms with Crippen LogP contribution in [0.2, 0.25) is 0 Å². The van der Waals surface area contributed by atoms with Gasteiger partial charge < -0.3 is 15.0 Å². The van der Waals surface area contributed by atoms with Crippen LogP contribution in [0.3, 0.4) is 0 Å². The van der Waals surface area contributed by atoms with E-state index in [0.717, 1.165) is 16.3 Å².